The molecule has 3 rings (SSSR count). The number of thiophene rings is 1. The van der Waals surface area contributed by atoms with Gasteiger partial charge in [0, 0.05) is 10.9 Å². The molecule has 2 N–H and O–H groups in total. The van der Waals surface area contributed by atoms with Gasteiger partial charge in [0.25, 0.3) is 0 Å². The van der Waals surface area contributed by atoms with Crippen LogP contribution in [-0.4, -0.2) is 17.6 Å². The van der Waals surface area contributed by atoms with Crippen LogP contribution in [0.3, 0.4) is 0 Å². The Balaban J connectivity index is 1.68. The first-order valence-electron chi connectivity index (χ1n) is 8.24. The van der Waals surface area contributed by atoms with E-state index in [2.05, 4.69) is 53.0 Å². The second kappa shape index (κ2) is 8.09. The third-order valence-electron chi connectivity index (χ3n) is 3.91. The summed E-state index contributed by atoms with van der Waals surface area (Å²) in [5.74, 6) is 0.944. The highest BCUT2D eigenvalue weighted by Crippen LogP contribution is 2.26. The largest absolute Gasteiger partial charge is 0.360 e. The Labute approximate surface area is 151 Å². The number of aromatic nitrogens is 1. The number of nitrogens with one attached hydrogen (secondary N) is 2. The van der Waals surface area contributed by atoms with Crippen molar-refractivity contribution in [2.24, 2.45) is 0 Å². The topological polar surface area (TPSA) is 67.2 Å². The van der Waals surface area contributed by atoms with E-state index in [4.69, 9.17) is 4.52 Å². The zero-order valence-electron chi connectivity index (χ0n) is 14.3. The van der Waals surface area contributed by atoms with Gasteiger partial charge in [0.15, 0.2) is 5.82 Å². The van der Waals surface area contributed by atoms with Crippen molar-refractivity contribution in [2.75, 3.05) is 11.9 Å². The molecule has 6 heteroatoms. The van der Waals surface area contributed by atoms with Crippen LogP contribution >= 0.6 is 11.3 Å². The zero-order chi connectivity index (χ0) is 17.6. The molecule has 0 spiro atoms. The summed E-state index contributed by atoms with van der Waals surface area (Å²) in [6.07, 6.45) is 1.01. The molecule has 2 heterocycles. The molecule has 0 saturated heterocycles. The van der Waals surface area contributed by atoms with Crippen molar-refractivity contribution < 1.29 is 9.32 Å². The van der Waals surface area contributed by atoms with E-state index in [0.717, 1.165) is 12.0 Å². The first kappa shape index (κ1) is 17.4. The fourth-order valence-corrected chi connectivity index (χ4v) is 3.42. The van der Waals surface area contributed by atoms with Gasteiger partial charge in [0.1, 0.15) is 5.76 Å². The van der Waals surface area contributed by atoms with E-state index in [1.54, 1.807) is 24.3 Å². The summed E-state index contributed by atoms with van der Waals surface area (Å²) in [5, 5.41) is 11.9. The van der Waals surface area contributed by atoms with E-state index < -0.39 is 0 Å². The van der Waals surface area contributed by atoms with Gasteiger partial charge in [-0.2, -0.15) is 0 Å². The maximum Gasteiger partial charge on any atom is 0.239 e. The smallest absolute Gasteiger partial charge is 0.239 e. The minimum absolute atomic E-state index is 0.0179. The number of anilines is 1. The number of rotatable bonds is 7. The van der Waals surface area contributed by atoms with Crippen LogP contribution in [0.4, 0.5) is 5.82 Å². The van der Waals surface area contributed by atoms with Crippen molar-refractivity contribution >= 4 is 23.1 Å². The first-order valence-corrected chi connectivity index (χ1v) is 9.12. The van der Waals surface area contributed by atoms with Gasteiger partial charge in [-0.15, -0.1) is 11.3 Å². The average Bonchev–Trinajstić information content (AvgIpc) is 3.28. The van der Waals surface area contributed by atoms with E-state index in [-0.39, 0.29) is 18.5 Å². The molecule has 3 aromatic rings. The van der Waals surface area contributed by atoms with E-state index in [9.17, 15) is 4.79 Å². The SMILES string of the molecule is CCc1ccc([C@H](NCC(=O)Nc2cc(C)on2)c2cccs2)cc1. The lowest BCUT2D eigenvalue weighted by atomic mass is 10.0. The number of carbonyl (C=O) groups excluding carboxylic acids is 1. The number of aryl methyl sites for hydroxylation is 2. The lowest BCUT2D eigenvalue weighted by Crippen LogP contribution is -2.31. The minimum Gasteiger partial charge on any atom is -0.360 e. The summed E-state index contributed by atoms with van der Waals surface area (Å²) >= 11 is 1.67. The predicted molar refractivity (Wildman–Crippen MR) is 99.9 cm³/mol. The molecule has 0 radical (unpaired) electrons. The quantitative estimate of drug-likeness (QED) is 0.674. The molecule has 0 aliphatic rings. The van der Waals surface area contributed by atoms with Gasteiger partial charge in [0.05, 0.1) is 12.6 Å². The normalized spacial score (nSPS) is 12.1. The summed E-state index contributed by atoms with van der Waals surface area (Å²) in [6, 6.07) is 14.3. The van der Waals surface area contributed by atoms with Crippen molar-refractivity contribution in [3.05, 3.63) is 69.6 Å². The molecule has 0 saturated carbocycles. The van der Waals surface area contributed by atoms with Crippen LogP contribution in [0.2, 0.25) is 0 Å². The zero-order valence-corrected chi connectivity index (χ0v) is 15.1. The van der Waals surface area contributed by atoms with E-state index in [1.807, 2.05) is 11.4 Å². The van der Waals surface area contributed by atoms with E-state index in [0.29, 0.717) is 11.6 Å². The van der Waals surface area contributed by atoms with Crippen LogP contribution in [0.25, 0.3) is 0 Å². The molecule has 1 amide bonds. The number of hydrogen-bond acceptors (Lipinski definition) is 5. The number of hydrogen-bond donors (Lipinski definition) is 2. The first-order chi connectivity index (χ1) is 12.2. The second-order valence-electron chi connectivity index (χ2n) is 5.80. The van der Waals surface area contributed by atoms with Crippen LogP contribution in [0, 0.1) is 6.92 Å². The molecule has 0 aliphatic heterocycles. The Bertz CT molecular complexity index is 810. The molecule has 0 fully saturated rings. The molecule has 0 bridgehead atoms. The van der Waals surface area contributed by atoms with Crippen molar-refractivity contribution in [1.82, 2.24) is 10.5 Å². The maximum atomic E-state index is 12.2. The lowest BCUT2D eigenvalue weighted by molar-refractivity contribution is -0.115. The fourth-order valence-electron chi connectivity index (χ4n) is 2.59. The van der Waals surface area contributed by atoms with Crippen molar-refractivity contribution in [1.29, 1.82) is 0 Å². The van der Waals surface area contributed by atoms with Gasteiger partial charge in [0.2, 0.25) is 5.91 Å². The Morgan fingerprint density at radius 3 is 2.68 bits per heavy atom. The molecular formula is C19H21N3O2S. The minimum atomic E-state index is -0.153. The molecule has 1 aromatic carbocycles. The fraction of sp³-hybridized carbons (Fsp3) is 0.263. The highest BCUT2D eigenvalue weighted by molar-refractivity contribution is 7.10. The van der Waals surface area contributed by atoms with E-state index >= 15 is 0 Å². The standard InChI is InChI=1S/C19H21N3O2S/c1-3-14-6-8-15(9-7-14)19(16-5-4-10-25-16)20-12-18(23)21-17-11-13(2)24-22-17/h4-11,19-20H,3,12H2,1-2H3,(H,21,22,23)/t19-/m0/s1. The van der Waals surface area contributed by atoms with Gasteiger partial charge in [-0.1, -0.05) is 42.4 Å². The molecule has 25 heavy (non-hydrogen) atoms. The predicted octanol–water partition coefficient (Wildman–Crippen LogP) is 3.92. The van der Waals surface area contributed by atoms with Crippen LogP contribution < -0.4 is 10.6 Å². The van der Waals surface area contributed by atoms with Crippen LogP contribution in [0.1, 0.15) is 34.7 Å². The molecule has 0 unspecified atom stereocenters. The van der Waals surface area contributed by atoms with E-state index in [1.165, 1.54) is 10.4 Å². The number of carbonyl (C=O) groups is 1. The van der Waals surface area contributed by atoms with Crippen molar-refractivity contribution in [3.63, 3.8) is 0 Å². The highest BCUT2D eigenvalue weighted by Gasteiger charge is 2.16. The van der Waals surface area contributed by atoms with Gasteiger partial charge in [-0.05, 0) is 35.9 Å². The number of benzene rings is 1. The van der Waals surface area contributed by atoms with Crippen molar-refractivity contribution in [3.8, 4) is 0 Å². The third kappa shape index (κ3) is 4.55. The van der Waals surface area contributed by atoms with Crippen molar-refractivity contribution in [2.45, 2.75) is 26.3 Å². The molecule has 2 aromatic heterocycles. The van der Waals surface area contributed by atoms with Gasteiger partial charge < -0.3 is 9.84 Å². The Morgan fingerprint density at radius 2 is 2.08 bits per heavy atom. The van der Waals surface area contributed by atoms with Gasteiger partial charge >= 0.3 is 0 Å². The van der Waals surface area contributed by atoms with Gasteiger partial charge in [-0.3, -0.25) is 10.1 Å². The lowest BCUT2D eigenvalue weighted by Gasteiger charge is -2.18. The van der Waals surface area contributed by atoms with Crippen LogP contribution in [0.5, 0.6) is 0 Å². The molecule has 0 aliphatic carbocycles. The molecule has 130 valence electrons. The van der Waals surface area contributed by atoms with Crippen LogP contribution in [0.15, 0.2) is 52.4 Å². The Kier molecular flexibility index (Phi) is 5.63. The Morgan fingerprint density at radius 1 is 1.28 bits per heavy atom. The second-order valence-corrected chi connectivity index (χ2v) is 6.77. The Hall–Kier alpha value is -2.44. The summed E-state index contributed by atoms with van der Waals surface area (Å²) in [7, 11) is 0. The molecular weight excluding hydrogens is 334 g/mol. The highest BCUT2D eigenvalue weighted by atomic mass is 32.1. The van der Waals surface area contributed by atoms with Crippen LogP contribution in [-0.2, 0) is 11.2 Å². The summed E-state index contributed by atoms with van der Waals surface area (Å²) in [5.41, 5.74) is 2.44. The summed E-state index contributed by atoms with van der Waals surface area (Å²) < 4.78 is 4.96. The summed E-state index contributed by atoms with van der Waals surface area (Å²) in [6.45, 7) is 4.11. The number of nitrogens with zero attached hydrogens (tertiary/aromatic N) is 1. The average molecular weight is 355 g/mol. The van der Waals surface area contributed by atoms with Gasteiger partial charge in [-0.25, -0.2) is 0 Å². The third-order valence-corrected chi connectivity index (χ3v) is 4.85. The maximum absolute atomic E-state index is 12.2. The molecule has 5 nitrogen and oxygen atoms in total. The molecule has 1 atom stereocenters. The summed E-state index contributed by atoms with van der Waals surface area (Å²) in [4.78, 5) is 13.4. The monoisotopic (exact) mass is 355 g/mol. The number of amides is 1.